The Labute approximate surface area is 163 Å². The summed E-state index contributed by atoms with van der Waals surface area (Å²) in [6.45, 7) is 4.31. The summed E-state index contributed by atoms with van der Waals surface area (Å²) in [7, 11) is -2.99. The van der Waals surface area contributed by atoms with Crippen molar-refractivity contribution in [1.82, 2.24) is 0 Å². The normalized spacial score (nSPS) is 11.7. The van der Waals surface area contributed by atoms with Gasteiger partial charge in [-0.2, -0.15) is 0 Å². The number of sulfone groups is 1. The van der Waals surface area contributed by atoms with Crippen molar-refractivity contribution in [3.63, 3.8) is 0 Å². The van der Waals surface area contributed by atoms with Crippen LogP contribution in [0.1, 0.15) is 45.1 Å². The lowest BCUT2D eigenvalue weighted by atomic mass is 10.0. The zero-order valence-corrected chi connectivity index (χ0v) is 17.2. The second-order valence-corrected chi connectivity index (χ2v) is 9.72. The topological polar surface area (TPSA) is 94.9 Å². The molecule has 0 aliphatic rings. The van der Waals surface area contributed by atoms with Crippen molar-refractivity contribution >= 4 is 21.3 Å². The first kappa shape index (κ1) is 23.6. The highest BCUT2D eigenvalue weighted by molar-refractivity contribution is 7.91. The van der Waals surface area contributed by atoms with E-state index in [0.717, 1.165) is 17.7 Å². The monoisotopic (exact) mass is 399 g/mol. The van der Waals surface area contributed by atoms with Gasteiger partial charge in [-0.15, -0.1) is 0 Å². The predicted molar refractivity (Wildman–Crippen MR) is 109 cm³/mol. The number of carbonyl (C=O) groups excluding carboxylic acids is 1. The molecule has 0 fully saturated rings. The molecule has 0 aromatic heterocycles. The Balaban J connectivity index is 2.38. The summed E-state index contributed by atoms with van der Waals surface area (Å²) in [4.78, 5) is 14.0. The summed E-state index contributed by atoms with van der Waals surface area (Å²) in [6.07, 6.45) is 2.89. The van der Waals surface area contributed by atoms with Gasteiger partial charge in [-0.25, -0.2) is 8.42 Å². The lowest BCUT2D eigenvalue weighted by molar-refractivity contribution is -0.118. The van der Waals surface area contributed by atoms with Gasteiger partial charge in [0.1, 0.15) is 5.78 Å². The second-order valence-electron chi connectivity index (χ2n) is 7.04. The number of carbonyl (C=O) groups is 1. The maximum absolute atomic E-state index is 12.1. The van der Waals surface area contributed by atoms with Crippen LogP contribution in [0.5, 0.6) is 0 Å². The number of aliphatic hydroxyl groups is 2. The zero-order chi connectivity index (χ0) is 20.3. The number of aliphatic hydroxyl groups excluding tert-OH is 2. The SMILES string of the molecule is CC(C)S(=O)(=O)CCCCCC(=O)Cc1ccc(N(CCO)CCO)cc1. The van der Waals surface area contributed by atoms with Crippen LogP contribution in [0.25, 0.3) is 0 Å². The van der Waals surface area contributed by atoms with E-state index in [1.54, 1.807) is 13.8 Å². The van der Waals surface area contributed by atoms with Crippen LogP contribution in [0.3, 0.4) is 0 Å². The van der Waals surface area contributed by atoms with Gasteiger partial charge in [0.25, 0.3) is 0 Å². The summed E-state index contributed by atoms with van der Waals surface area (Å²) >= 11 is 0. The highest BCUT2D eigenvalue weighted by Crippen LogP contribution is 2.16. The predicted octanol–water partition coefficient (Wildman–Crippen LogP) is 1.97. The van der Waals surface area contributed by atoms with Gasteiger partial charge in [0.15, 0.2) is 9.84 Å². The number of ketones is 1. The quantitative estimate of drug-likeness (QED) is 0.465. The Bertz CT molecular complexity index is 649. The Morgan fingerprint density at radius 3 is 2.11 bits per heavy atom. The minimum Gasteiger partial charge on any atom is -0.395 e. The number of nitrogens with zero attached hydrogens (tertiary/aromatic N) is 1. The first-order valence-electron chi connectivity index (χ1n) is 9.59. The van der Waals surface area contributed by atoms with E-state index in [4.69, 9.17) is 10.2 Å². The Morgan fingerprint density at radius 1 is 1.00 bits per heavy atom. The molecule has 0 atom stereocenters. The van der Waals surface area contributed by atoms with Crippen molar-refractivity contribution in [3.05, 3.63) is 29.8 Å². The standard InChI is InChI=1S/C20H33NO5S/c1-17(2)27(25,26)15-5-3-4-6-20(24)16-18-7-9-19(10-8-18)21(11-13-22)12-14-23/h7-10,17,22-23H,3-6,11-16H2,1-2H3. The molecule has 0 spiro atoms. The number of hydrogen-bond donors (Lipinski definition) is 2. The highest BCUT2D eigenvalue weighted by atomic mass is 32.2. The summed E-state index contributed by atoms with van der Waals surface area (Å²) in [5.74, 6) is 0.343. The third kappa shape index (κ3) is 8.86. The molecule has 0 unspecified atom stereocenters. The smallest absolute Gasteiger partial charge is 0.152 e. The van der Waals surface area contributed by atoms with Crippen molar-refractivity contribution in [1.29, 1.82) is 0 Å². The molecule has 27 heavy (non-hydrogen) atoms. The van der Waals surface area contributed by atoms with E-state index in [9.17, 15) is 13.2 Å². The summed E-state index contributed by atoms with van der Waals surface area (Å²) in [5, 5.41) is 17.8. The molecule has 0 radical (unpaired) electrons. The Hall–Kier alpha value is -1.44. The number of benzene rings is 1. The first-order chi connectivity index (χ1) is 12.8. The van der Waals surface area contributed by atoms with Crippen molar-refractivity contribution < 1.29 is 23.4 Å². The van der Waals surface area contributed by atoms with Crippen molar-refractivity contribution in [3.8, 4) is 0 Å². The van der Waals surface area contributed by atoms with Crippen LogP contribution >= 0.6 is 0 Å². The maximum Gasteiger partial charge on any atom is 0.152 e. The molecule has 0 aliphatic heterocycles. The largest absolute Gasteiger partial charge is 0.395 e. The van der Waals surface area contributed by atoms with E-state index in [-0.39, 0.29) is 30.0 Å². The molecule has 1 aromatic carbocycles. The van der Waals surface area contributed by atoms with Gasteiger partial charge < -0.3 is 15.1 Å². The van der Waals surface area contributed by atoms with Crippen LogP contribution in [-0.2, 0) is 21.1 Å². The number of Topliss-reactive ketones (excluding diaryl/α,β-unsaturated/α-hetero) is 1. The Morgan fingerprint density at radius 2 is 1.59 bits per heavy atom. The third-order valence-electron chi connectivity index (χ3n) is 4.55. The van der Waals surface area contributed by atoms with Crippen LogP contribution in [0.4, 0.5) is 5.69 Å². The van der Waals surface area contributed by atoms with Gasteiger partial charge in [0, 0.05) is 31.6 Å². The molecule has 0 bridgehead atoms. The lowest BCUT2D eigenvalue weighted by Gasteiger charge is -2.23. The lowest BCUT2D eigenvalue weighted by Crippen LogP contribution is -2.29. The fourth-order valence-corrected chi connectivity index (χ4v) is 3.87. The summed E-state index contributed by atoms with van der Waals surface area (Å²) < 4.78 is 23.5. The molecule has 0 saturated heterocycles. The van der Waals surface area contributed by atoms with Crippen molar-refractivity contribution in [2.45, 2.75) is 51.2 Å². The molecule has 0 aliphatic carbocycles. The van der Waals surface area contributed by atoms with E-state index in [1.165, 1.54) is 0 Å². The van der Waals surface area contributed by atoms with Crippen LogP contribution in [0.2, 0.25) is 0 Å². The van der Waals surface area contributed by atoms with Gasteiger partial charge in [-0.3, -0.25) is 4.79 Å². The van der Waals surface area contributed by atoms with Gasteiger partial charge in [-0.1, -0.05) is 18.6 Å². The van der Waals surface area contributed by atoms with Gasteiger partial charge in [-0.05, 0) is 44.4 Å². The van der Waals surface area contributed by atoms with Gasteiger partial charge >= 0.3 is 0 Å². The van der Waals surface area contributed by atoms with Crippen LogP contribution in [-0.4, -0.2) is 61.7 Å². The molecule has 0 saturated carbocycles. The molecule has 0 heterocycles. The zero-order valence-electron chi connectivity index (χ0n) is 16.4. The van der Waals surface area contributed by atoms with Gasteiger partial charge in [0.2, 0.25) is 0 Å². The first-order valence-corrected chi connectivity index (χ1v) is 11.3. The van der Waals surface area contributed by atoms with Crippen LogP contribution < -0.4 is 4.90 Å². The van der Waals surface area contributed by atoms with Crippen molar-refractivity contribution in [2.24, 2.45) is 0 Å². The molecular weight excluding hydrogens is 366 g/mol. The molecule has 154 valence electrons. The van der Waals surface area contributed by atoms with E-state index in [2.05, 4.69) is 0 Å². The summed E-state index contributed by atoms with van der Waals surface area (Å²) in [6, 6.07) is 7.57. The third-order valence-corrected chi connectivity index (χ3v) is 6.84. The van der Waals surface area contributed by atoms with Crippen molar-refractivity contribution in [2.75, 3.05) is 37.0 Å². The van der Waals surface area contributed by atoms with E-state index >= 15 is 0 Å². The van der Waals surface area contributed by atoms with E-state index < -0.39 is 9.84 Å². The number of hydrogen-bond acceptors (Lipinski definition) is 6. The highest BCUT2D eigenvalue weighted by Gasteiger charge is 2.15. The van der Waals surface area contributed by atoms with Crippen LogP contribution in [0.15, 0.2) is 24.3 Å². The average Bonchev–Trinajstić information content (AvgIpc) is 2.61. The molecular formula is C20H33NO5S. The maximum atomic E-state index is 12.1. The minimum absolute atomic E-state index is 0.0126. The molecule has 7 heteroatoms. The molecule has 1 rings (SSSR count). The molecule has 1 aromatic rings. The molecule has 2 N–H and O–H groups in total. The summed E-state index contributed by atoms with van der Waals surface area (Å²) in [5.41, 5.74) is 1.83. The number of anilines is 1. The fraction of sp³-hybridized carbons (Fsp3) is 0.650. The average molecular weight is 400 g/mol. The van der Waals surface area contributed by atoms with E-state index in [0.29, 0.717) is 38.8 Å². The number of unbranched alkanes of at least 4 members (excludes halogenated alkanes) is 2. The molecule has 0 amide bonds. The van der Waals surface area contributed by atoms with Crippen LogP contribution in [0, 0.1) is 0 Å². The fourth-order valence-electron chi connectivity index (χ4n) is 2.79. The minimum atomic E-state index is -2.99. The second kappa shape index (κ2) is 12.1. The molecule has 6 nitrogen and oxygen atoms in total. The van der Waals surface area contributed by atoms with Gasteiger partial charge in [0.05, 0.1) is 24.2 Å². The number of rotatable bonds is 14. The van der Waals surface area contributed by atoms with E-state index in [1.807, 2.05) is 29.2 Å². The Kier molecular flexibility index (Phi) is 10.6.